The lowest BCUT2D eigenvalue weighted by Gasteiger charge is -2.08. The van der Waals surface area contributed by atoms with E-state index in [0.29, 0.717) is 11.1 Å². The first-order valence-electron chi connectivity index (χ1n) is 5.90. The molecule has 0 aliphatic rings. The second-order valence-corrected chi connectivity index (χ2v) is 4.67. The van der Waals surface area contributed by atoms with Gasteiger partial charge in [0.2, 0.25) is 0 Å². The molecule has 0 amide bonds. The number of carbonyl (C=O) groups is 1. The largest absolute Gasteiger partial charge is 0.507 e. The number of carbonyl (C=O) groups excluding carboxylic acids is 1. The lowest BCUT2D eigenvalue weighted by atomic mass is 9.97. The number of aromatic hydroxyl groups is 1. The highest BCUT2D eigenvalue weighted by Crippen LogP contribution is 2.26. The molecule has 0 aromatic heterocycles. The summed E-state index contributed by atoms with van der Waals surface area (Å²) in [4.78, 5) is 12.3. The van der Waals surface area contributed by atoms with Crippen LogP contribution in [0.4, 0.5) is 0 Å². The van der Waals surface area contributed by atoms with Crippen molar-refractivity contribution < 1.29 is 9.90 Å². The van der Waals surface area contributed by atoms with Crippen molar-refractivity contribution in [2.45, 2.75) is 20.8 Å². The van der Waals surface area contributed by atoms with E-state index in [-0.39, 0.29) is 11.5 Å². The summed E-state index contributed by atoms with van der Waals surface area (Å²) in [6, 6.07) is 11.0. The van der Waals surface area contributed by atoms with Gasteiger partial charge in [-0.2, -0.15) is 0 Å². The Labute approximate surface area is 107 Å². The molecular formula is C16H16O2. The van der Waals surface area contributed by atoms with Gasteiger partial charge in [0.05, 0.1) is 5.56 Å². The van der Waals surface area contributed by atoms with Crippen LogP contribution in [-0.2, 0) is 0 Å². The zero-order valence-corrected chi connectivity index (χ0v) is 10.8. The highest BCUT2D eigenvalue weighted by Gasteiger charge is 2.15. The van der Waals surface area contributed by atoms with Gasteiger partial charge in [0.25, 0.3) is 0 Å². The first-order valence-corrected chi connectivity index (χ1v) is 5.90. The molecule has 0 unspecified atom stereocenters. The fourth-order valence-corrected chi connectivity index (χ4v) is 1.99. The third-order valence-electron chi connectivity index (χ3n) is 3.00. The summed E-state index contributed by atoms with van der Waals surface area (Å²) in [6.07, 6.45) is 0. The smallest absolute Gasteiger partial charge is 0.196 e. The van der Waals surface area contributed by atoms with Crippen LogP contribution in [0.5, 0.6) is 5.75 Å². The van der Waals surface area contributed by atoms with E-state index in [1.165, 1.54) is 0 Å². The maximum atomic E-state index is 12.3. The van der Waals surface area contributed by atoms with Gasteiger partial charge in [-0.25, -0.2) is 0 Å². The minimum absolute atomic E-state index is 0.0752. The van der Waals surface area contributed by atoms with Gasteiger partial charge in [-0.3, -0.25) is 4.79 Å². The minimum atomic E-state index is -0.140. The van der Waals surface area contributed by atoms with E-state index in [0.717, 1.165) is 16.7 Å². The van der Waals surface area contributed by atoms with Gasteiger partial charge < -0.3 is 5.11 Å². The van der Waals surface area contributed by atoms with Crippen LogP contribution in [0, 0.1) is 20.8 Å². The molecule has 0 bridgehead atoms. The number of phenols is 1. The van der Waals surface area contributed by atoms with Crippen LogP contribution in [0.3, 0.4) is 0 Å². The SMILES string of the molecule is Cc1ccc(C(=O)c2cc(C)cc(C)c2O)cc1. The van der Waals surface area contributed by atoms with Gasteiger partial charge >= 0.3 is 0 Å². The molecule has 2 rings (SSSR count). The molecule has 2 nitrogen and oxygen atoms in total. The van der Waals surface area contributed by atoms with Gasteiger partial charge in [-0.15, -0.1) is 0 Å². The Morgan fingerprint density at radius 2 is 1.56 bits per heavy atom. The maximum absolute atomic E-state index is 12.3. The monoisotopic (exact) mass is 240 g/mol. The van der Waals surface area contributed by atoms with Gasteiger partial charge in [0, 0.05) is 5.56 Å². The molecule has 2 aromatic rings. The molecule has 0 saturated carbocycles. The summed E-state index contributed by atoms with van der Waals surface area (Å²) in [5.74, 6) is -0.0644. The number of hydrogen-bond acceptors (Lipinski definition) is 2. The Hall–Kier alpha value is -2.09. The van der Waals surface area contributed by atoms with E-state index in [1.54, 1.807) is 25.1 Å². The molecule has 0 radical (unpaired) electrons. The fraction of sp³-hybridized carbons (Fsp3) is 0.188. The number of phenolic OH excluding ortho intramolecular Hbond substituents is 1. The lowest BCUT2D eigenvalue weighted by molar-refractivity contribution is 0.103. The van der Waals surface area contributed by atoms with E-state index in [2.05, 4.69) is 0 Å². The summed E-state index contributed by atoms with van der Waals surface area (Å²) in [6.45, 7) is 5.69. The van der Waals surface area contributed by atoms with Crippen molar-refractivity contribution in [1.82, 2.24) is 0 Å². The number of ketones is 1. The van der Waals surface area contributed by atoms with Crippen molar-refractivity contribution >= 4 is 5.78 Å². The van der Waals surface area contributed by atoms with Crippen LogP contribution in [0.2, 0.25) is 0 Å². The van der Waals surface area contributed by atoms with E-state index in [4.69, 9.17) is 0 Å². The average molecular weight is 240 g/mol. The third-order valence-corrected chi connectivity index (χ3v) is 3.00. The van der Waals surface area contributed by atoms with Crippen LogP contribution >= 0.6 is 0 Å². The molecule has 18 heavy (non-hydrogen) atoms. The fourth-order valence-electron chi connectivity index (χ4n) is 1.99. The highest BCUT2D eigenvalue weighted by atomic mass is 16.3. The first-order chi connectivity index (χ1) is 8.49. The van der Waals surface area contributed by atoms with E-state index < -0.39 is 0 Å². The summed E-state index contributed by atoms with van der Waals surface area (Å²) in [7, 11) is 0. The van der Waals surface area contributed by atoms with Crippen LogP contribution < -0.4 is 0 Å². The minimum Gasteiger partial charge on any atom is -0.507 e. The summed E-state index contributed by atoms with van der Waals surface area (Å²) < 4.78 is 0. The maximum Gasteiger partial charge on any atom is 0.196 e. The number of aryl methyl sites for hydroxylation is 3. The second-order valence-electron chi connectivity index (χ2n) is 4.67. The standard InChI is InChI=1S/C16H16O2/c1-10-4-6-13(7-5-10)16(18)14-9-11(2)8-12(3)15(14)17/h4-9,17H,1-3H3. The summed E-state index contributed by atoms with van der Waals surface area (Å²) in [5.41, 5.74) is 3.78. The first kappa shape index (κ1) is 12.4. The Bertz CT molecular complexity index is 595. The lowest BCUT2D eigenvalue weighted by Crippen LogP contribution is -2.03. The number of hydrogen-bond donors (Lipinski definition) is 1. The summed E-state index contributed by atoms with van der Waals surface area (Å²) in [5, 5.41) is 9.99. The Kier molecular flexibility index (Phi) is 3.19. The zero-order valence-electron chi connectivity index (χ0n) is 10.8. The molecule has 2 aromatic carbocycles. The molecule has 92 valence electrons. The summed E-state index contributed by atoms with van der Waals surface area (Å²) >= 11 is 0. The third kappa shape index (κ3) is 2.28. The molecule has 0 aliphatic heterocycles. The molecular weight excluding hydrogens is 224 g/mol. The van der Waals surface area contributed by atoms with Crippen molar-refractivity contribution in [2.75, 3.05) is 0 Å². The van der Waals surface area contributed by atoms with E-state index >= 15 is 0 Å². The van der Waals surface area contributed by atoms with Gasteiger partial charge in [0.1, 0.15) is 5.75 Å². The predicted octanol–water partition coefficient (Wildman–Crippen LogP) is 3.55. The van der Waals surface area contributed by atoms with Crippen LogP contribution in [0.25, 0.3) is 0 Å². The topological polar surface area (TPSA) is 37.3 Å². The molecule has 1 N–H and O–H groups in total. The molecule has 0 fully saturated rings. The van der Waals surface area contributed by atoms with Crippen LogP contribution in [-0.4, -0.2) is 10.9 Å². The predicted molar refractivity (Wildman–Crippen MR) is 72.2 cm³/mol. The average Bonchev–Trinajstić information content (AvgIpc) is 2.34. The molecule has 2 heteroatoms. The Morgan fingerprint density at radius 3 is 2.17 bits per heavy atom. The van der Waals surface area contributed by atoms with Crippen LogP contribution in [0.1, 0.15) is 32.6 Å². The number of rotatable bonds is 2. The molecule has 0 aliphatic carbocycles. The van der Waals surface area contributed by atoms with Crippen LogP contribution in [0.15, 0.2) is 36.4 Å². The van der Waals surface area contributed by atoms with Gasteiger partial charge in [0.15, 0.2) is 5.78 Å². The van der Waals surface area contributed by atoms with Gasteiger partial charge in [-0.1, -0.05) is 35.9 Å². The Balaban J connectivity index is 2.49. The zero-order chi connectivity index (χ0) is 13.3. The molecule has 0 heterocycles. The number of benzene rings is 2. The van der Waals surface area contributed by atoms with Crippen molar-refractivity contribution in [3.8, 4) is 5.75 Å². The van der Waals surface area contributed by atoms with E-state index in [1.807, 2.05) is 32.0 Å². The Morgan fingerprint density at radius 1 is 0.944 bits per heavy atom. The molecule has 0 atom stereocenters. The highest BCUT2D eigenvalue weighted by molar-refractivity contribution is 6.11. The van der Waals surface area contributed by atoms with E-state index in [9.17, 15) is 9.90 Å². The quantitative estimate of drug-likeness (QED) is 0.815. The normalized spacial score (nSPS) is 10.4. The van der Waals surface area contributed by atoms with Crippen molar-refractivity contribution in [1.29, 1.82) is 0 Å². The molecule has 0 spiro atoms. The van der Waals surface area contributed by atoms with Crippen molar-refractivity contribution in [3.63, 3.8) is 0 Å². The molecule has 0 saturated heterocycles. The van der Waals surface area contributed by atoms with Gasteiger partial charge in [-0.05, 0) is 38.0 Å². The van der Waals surface area contributed by atoms with Crippen molar-refractivity contribution in [2.24, 2.45) is 0 Å². The van der Waals surface area contributed by atoms with Crippen molar-refractivity contribution in [3.05, 3.63) is 64.2 Å². The second kappa shape index (κ2) is 4.65.